The third-order valence-electron chi connectivity index (χ3n) is 3.28. The highest BCUT2D eigenvalue weighted by molar-refractivity contribution is 5.29. The molecule has 0 heterocycles. The molecule has 0 atom stereocenters. The number of hydrogen-bond donors (Lipinski definition) is 1. The van der Waals surface area contributed by atoms with Crippen LogP contribution >= 0.6 is 0 Å². The zero-order valence-corrected chi connectivity index (χ0v) is 11.7. The first-order valence-corrected chi connectivity index (χ1v) is 6.66. The van der Waals surface area contributed by atoms with Crippen LogP contribution in [0.2, 0.25) is 0 Å². The van der Waals surface area contributed by atoms with Crippen molar-refractivity contribution in [3.05, 3.63) is 34.9 Å². The van der Waals surface area contributed by atoms with E-state index in [9.17, 15) is 0 Å². The van der Waals surface area contributed by atoms with Crippen molar-refractivity contribution in [2.75, 3.05) is 26.2 Å². The standard InChI is InChI=1S/C15H26N2/c1-5-16-9-10-17(6-2)12-15-8-7-13(3)14(4)11-15/h7-8,11,16H,5-6,9-10,12H2,1-4H3. The molecule has 0 fully saturated rings. The fraction of sp³-hybridized carbons (Fsp3) is 0.600. The number of benzene rings is 1. The summed E-state index contributed by atoms with van der Waals surface area (Å²) < 4.78 is 0. The lowest BCUT2D eigenvalue weighted by atomic mass is 10.1. The summed E-state index contributed by atoms with van der Waals surface area (Å²) >= 11 is 0. The summed E-state index contributed by atoms with van der Waals surface area (Å²) in [5, 5.41) is 3.38. The van der Waals surface area contributed by atoms with E-state index in [1.807, 2.05) is 0 Å². The van der Waals surface area contributed by atoms with Crippen molar-refractivity contribution in [1.29, 1.82) is 0 Å². The first kappa shape index (κ1) is 14.2. The molecule has 17 heavy (non-hydrogen) atoms. The minimum Gasteiger partial charge on any atom is -0.316 e. The zero-order chi connectivity index (χ0) is 12.7. The van der Waals surface area contributed by atoms with E-state index in [-0.39, 0.29) is 0 Å². The second-order valence-corrected chi connectivity index (χ2v) is 4.64. The van der Waals surface area contributed by atoms with E-state index in [4.69, 9.17) is 0 Å². The Balaban J connectivity index is 2.51. The molecule has 2 nitrogen and oxygen atoms in total. The lowest BCUT2D eigenvalue weighted by Crippen LogP contribution is -2.31. The van der Waals surface area contributed by atoms with Crippen molar-refractivity contribution >= 4 is 0 Å². The molecule has 0 saturated heterocycles. The van der Waals surface area contributed by atoms with Gasteiger partial charge in [-0.2, -0.15) is 0 Å². The predicted molar refractivity (Wildman–Crippen MR) is 75.4 cm³/mol. The number of nitrogens with one attached hydrogen (secondary N) is 1. The summed E-state index contributed by atoms with van der Waals surface area (Å²) in [6, 6.07) is 6.78. The molecule has 0 amide bonds. The molecule has 1 aromatic rings. The van der Waals surface area contributed by atoms with Crippen molar-refractivity contribution in [2.45, 2.75) is 34.2 Å². The number of aryl methyl sites for hydroxylation is 2. The maximum Gasteiger partial charge on any atom is 0.0234 e. The third-order valence-corrected chi connectivity index (χ3v) is 3.28. The van der Waals surface area contributed by atoms with Crippen LogP contribution in [0.3, 0.4) is 0 Å². The monoisotopic (exact) mass is 234 g/mol. The van der Waals surface area contributed by atoms with Crippen molar-refractivity contribution in [3.8, 4) is 0 Å². The summed E-state index contributed by atoms with van der Waals surface area (Å²) in [5.74, 6) is 0. The summed E-state index contributed by atoms with van der Waals surface area (Å²) in [6.45, 7) is 14.2. The highest BCUT2D eigenvalue weighted by atomic mass is 15.1. The fourth-order valence-electron chi connectivity index (χ4n) is 1.92. The quantitative estimate of drug-likeness (QED) is 0.730. The van der Waals surface area contributed by atoms with E-state index >= 15 is 0 Å². The molecule has 0 unspecified atom stereocenters. The summed E-state index contributed by atoms with van der Waals surface area (Å²) in [5.41, 5.74) is 4.20. The molecule has 1 aromatic carbocycles. The predicted octanol–water partition coefficient (Wildman–Crippen LogP) is 2.73. The van der Waals surface area contributed by atoms with E-state index in [0.29, 0.717) is 0 Å². The molecule has 0 radical (unpaired) electrons. The maximum atomic E-state index is 3.38. The van der Waals surface area contributed by atoms with E-state index in [1.165, 1.54) is 16.7 Å². The average Bonchev–Trinajstić information content (AvgIpc) is 2.32. The Morgan fingerprint density at radius 1 is 1.12 bits per heavy atom. The Hall–Kier alpha value is -0.860. The molecular formula is C15H26N2. The van der Waals surface area contributed by atoms with Gasteiger partial charge in [0, 0.05) is 19.6 Å². The number of nitrogens with zero attached hydrogens (tertiary/aromatic N) is 1. The average molecular weight is 234 g/mol. The van der Waals surface area contributed by atoms with Crippen LogP contribution in [-0.4, -0.2) is 31.1 Å². The van der Waals surface area contributed by atoms with Gasteiger partial charge in [-0.15, -0.1) is 0 Å². The largest absolute Gasteiger partial charge is 0.316 e. The Kier molecular flexibility index (Phi) is 6.23. The normalized spacial score (nSPS) is 11.1. The first-order valence-electron chi connectivity index (χ1n) is 6.66. The molecule has 0 bridgehead atoms. The van der Waals surface area contributed by atoms with Gasteiger partial charge in [0.1, 0.15) is 0 Å². The fourth-order valence-corrected chi connectivity index (χ4v) is 1.92. The Labute approximate surface area is 106 Å². The number of likely N-dealkylation sites (N-methyl/N-ethyl adjacent to an activating group) is 2. The molecule has 96 valence electrons. The van der Waals surface area contributed by atoms with Crippen LogP contribution in [0.1, 0.15) is 30.5 Å². The second-order valence-electron chi connectivity index (χ2n) is 4.64. The van der Waals surface area contributed by atoms with Gasteiger partial charge in [-0.25, -0.2) is 0 Å². The molecule has 0 saturated carbocycles. The molecule has 0 aliphatic rings. The highest BCUT2D eigenvalue weighted by Crippen LogP contribution is 2.11. The van der Waals surface area contributed by atoms with Crippen LogP contribution in [0.25, 0.3) is 0 Å². The van der Waals surface area contributed by atoms with Gasteiger partial charge in [-0.05, 0) is 43.6 Å². The molecule has 0 aliphatic heterocycles. The second kappa shape index (κ2) is 7.46. The van der Waals surface area contributed by atoms with Crippen molar-refractivity contribution in [1.82, 2.24) is 10.2 Å². The van der Waals surface area contributed by atoms with Gasteiger partial charge in [-0.3, -0.25) is 4.90 Å². The topological polar surface area (TPSA) is 15.3 Å². The molecule has 0 aliphatic carbocycles. The van der Waals surface area contributed by atoms with E-state index in [2.05, 4.69) is 56.1 Å². The van der Waals surface area contributed by atoms with Crippen LogP contribution in [0, 0.1) is 13.8 Å². The van der Waals surface area contributed by atoms with Gasteiger partial charge >= 0.3 is 0 Å². The first-order chi connectivity index (χ1) is 8.17. The third kappa shape index (κ3) is 4.88. The highest BCUT2D eigenvalue weighted by Gasteiger charge is 2.04. The SMILES string of the molecule is CCNCCN(CC)Cc1ccc(C)c(C)c1. The van der Waals surface area contributed by atoms with Crippen molar-refractivity contribution in [2.24, 2.45) is 0 Å². The van der Waals surface area contributed by atoms with Crippen LogP contribution < -0.4 is 5.32 Å². The number of rotatable bonds is 7. The van der Waals surface area contributed by atoms with Crippen molar-refractivity contribution < 1.29 is 0 Å². The Morgan fingerprint density at radius 2 is 1.88 bits per heavy atom. The van der Waals surface area contributed by atoms with E-state index < -0.39 is 0 Å². The molecule has 1 rings (SSSR count). The summed E-state index contributed by atoms with van der Waals surface area (Å²) in [4.78, 5) is 2.48. The van der Waals surface area contributed by atoms with Gasteiger partial charge in [0.2, 0.25) is 0 Å². The maximum absolute atomic E-state index is 3.38. The van der Waals surface area contributed by atoms with E-state index in [0.717, 1.165) is 32.7 Å². The minimum atomic E-state index is 1.06. The summed E-state index contributed by atoms with van der Waals surface area (Å²) in [6.07, 6.45) is 0. The molecule has 2 heteroatoms. The Morgan fingerprint density at radius 3 is 2.47 bits per heavy atom. The van der Waals surface area contributed by atoms with Gasteiger partial charge < -0.3 is 5.32 Å². The van der Waals surface area contributed by atoms with Gasteiger partial charge in [0.15, 0.2) is 0 Å². The summed E-state index contributed by atoms with van der Waals surface area (Å²) in [7, 11) is 0. The smallest absolute Gasteiger partial charge is 0.0234 e. The number of hydrogen-bond acceptors (Lipinski definition) is 2. The van der Waals surface area contributed by atoms with Crippen LogP contribution in [-0.2, 0) is 6.54 Å². The molecule has 1 N–H and O–H groups in total. The van der Waals surface area contributed by atoms with Crippen molar-refractivity contribution in [3.63, 3.8) is 0 Å². The van der Waals surface area contributed by atoms with Gasteiger partial charge in [0.05, 0.1) is 0 Å². The molecule has 0 spiro atoms. The lowest BCUT2D eigenvalue weighted by Gasteiger charge is -2.21. The lowest BCUT2D eigenvalue weighted by molar-refractivity contribution is 0.280. The van der Waals surface area contributed by atoms with Crippen LogP contribution in [0.4, 0.5) is 0 Å². The van der Waals surface area contributed by atoms with Crippen LogP contribution in [0.15, 0.2) is 18.2 Å². The molecular weight excluding hydrogens is 208 g/mol. The molecule has 0 aromatic heterocycles. The van der Waals surface area contributed by atoms with Gasteiger partial charge in [0.25, 0.3) is 0 Å². The van der Waals surface area contributed by atoms with Crippen LogP contribution in [0.5, 0.6) is 0 Å². The zero-order valence-electron chi connectivity index (χ0n) is 11.7. The minimum absolute atomic E-state index is 1.06. The van der Waals surface area contributed by atoms with E-state index in [1.54, 1.807) is 0 Å². The Bertz CT molecular complexity index is 334. The van der Waals surface area contributed by atoms with Gasteiger partial charge in [-0.1, -0.05) is 32.0 Å².